The van der Waals surface area contributed by atoms with Gasteiger partial charge in [-0.1, -0.05) is 29.3 Å². The summed E-state index contributed by atoms with van der Waals surface area (Å²) in [7, 11) is 0. The Labute approximate surface area is 185 Å². The van der Waals surface area contributed by atoms with Crippen molar-refractivity contribution < 1.29 is 9.59 Å². The number of rotatable bonds is 4. The molecule has 1 atom stereocenters. The first-order chi connectivity index (χ1) is 13.9. The number of halogens is 2. The first-order valence-electron chi connectivity index (χ1n) is 9.45. The van der Waals surface area contributed by atoms with Gasteiger partial charge in [-0.25, -0.2) is 4.79 Å². The second-order valence-electron chi connectivity index (χ2n) is 6.82. The Morgan fingerprint density at radius 1 is 0.966 bits per heavy atom. The van der Waals surface area contributed by atoms with Gasteiger partial charge in [-0.05, 0) is 55.8 Å². The van der Waals surface area contributed by atoms with Crippen molar-refractivity contribution in [2.75, 3.05) is 31.5 Å². The molecular formula is C21H23Cl2N3O2S. The fourth-order valence-electron chi connectivity index (χ4n) is 3.13. The van der Waals surface area contributed by atoms with Crippen LogP contribution in [0.2, 0.25) is 10.0 Å². The average molecular weight is 452 g/mol. The van der Waals surface area contributed by atoms with Crippen LogP contribution in [0.15, 0.2) is 53.4 Å². The Balaban J connectivity index is 1.53. The molecule has 0 radical (unpaired) electrons. The second-order valence-corrected chi connectivity index (χ2v) is 9.11. The van der Waals surface area contributed by atoms with Gasteiger partial charge in [0.25, 0.3) is 0 Å². The van der Waals surface area contributed by atoms with E-state index in [2.05, 4.69) is 5.32 Å². The van der Waals surface area contributed by atoms with Crippen molar-refractivity contribution in [3.8, 4) is 0 Å². The lowest BCUT2D eigenvalue weighted by molar-refractivity contribution is -0.130. The molecule has 1 aliphatic rings. The maximum atomic E-state index is 12.9. The first-order valence-corrected chi connectivity index (χ1v) is 11.1. The lowest BCUT2D eigenvalue weighted by Gasteiger charge is -2.24. The molecule has 1 heterocycles. The van der Waals surface area contributed by atoms with Gasteiger partial charge in [0, 0.05) is 46.8 Å². The van der Waals surface area contributed by atoms with Gasteiger partial charge in [-0.15, -0.1) is 11.8 Å². The molecule has 154 valence electrons. The average Bonchev–Trinajstić information content (AvgIpc) is 2.95. The quantitative estimate of drug-likeness (QED) is 0.646. The van der Waals surface area contributed by atoms with Crippen LogP contribution in [0.25, 0.3) is 0 Å². The van der Waals surface area contributed by atoms with E-state index in [-0.39, 0.29) is 17.2 Å². The summed E-state index contributed by atoms with van der Waals surface area (Å²) in [5, 5.41) is 3.91. The fraction of sp³-hybridized carbons (Fsp3) is 0.333. The second kappa shape index (κ2) is 10.2. The highest BCUT2D eigenvalue weighted by molar-refractivity contribution is 8.00. The summed E-state index contributed by atoms with van der Waals surface area (Å²) in [6.45, 7) is 4.18. The van der Waals surface area contributed by atoms with Crippen LogP contribution in [0.1, 0.15) is 13.3 Å². The standard InChI is InChI=1S/C21H23Cl2N3O2S/c1-15(29-19-8-6-16(22)7-9-19)20(27)25-10-3-11-26(13-12-25)21(28)24-18-5-2-4-17(23)14-18/h2,4-9,14-15H,3,10-13H2,1H3,(H,24,28). The number of anilines is 1. The Bertz CT molecular complexity index is 863. The number of benzene rings is 2. The molecular weight excluding hydrogens is 429 g/mol. The van der Waals surface area contributed by atoms with Crippen molar-refractivity contribution in [2.24, 2.45) is 0 Å². The van der Waals surface area contributed by atoms with E-state index >= 15 is 0 Å². The van der Waals surface area contributed by atoms with Gasteiger partial charge in [0.2, 0.25) is 5.91 Å². The Kier molecular flexibility index (Phi) is 7.70. The Hall–Kier alpha value is -1.89. The number of nitrogens with one attached hydrogen (secondary N) is 1. The number of carbonyl (C=O) groups is 2. The minimum absolute atomic E-state index is 0.0852. The van der Waals surface area contributed by atoms with Crippen molar-refractivity contribution in [3.63, 3.8) is 0 Å². The number of nitrogens with zero attached hydrogens (tertiary/aromatic N) is 2. The van der Waals surface area contributed by atoms with E-state index in [1.54, 1.807) is 29.2 Å². The fourth-order valence-corrected chi connectivity index (χ4v) is 4.40. The molecule has 1 saturated heterocycles. The molecule has 0 saturated carbocycles. The van der Waals surface area contributed by atoms with Gasteiger partial charge in [-0.3, -0.25) is 4.79 Å². The van der Waals surface area contributed by atoms with E-state index in [1.807, 2.05) is 36.1 Å². The normalized spacial score (nSPS) is 15.6. The van der Waals surface area contributed by atoms with Crippen LogP contribution < -0.4 is 5.32 Å². The minimum atomic E-state index is -0.206. The van der Waals surface area contributed by atoms with E-state index in [0.717, 1.165) is 11.3 Å². The zero-order chi connectivity index (χ0) is 20.8. The highest BCUT2D eigenvalue weighted by Gasteiger charge is 2.25. The first kappa shape index (κ1) is 21.8. The lowest BCUT2D eigenvalue weighted by Crippen LogP contribution is -2.41. The molecule has 5 nitrogen and oxygen atoms in total. The number of amides is 3. The predicted octanol–water partition coefficient (Wildman–Crippen LogP) is 5.24. The van der Waals surface area contributed by atoms with Crippen molar-refractivity contribution in [1.29, 1.82) is 0 Å². The minimum Gasteiger partial charge on any atom is -0.340 e. The molecule has 1 N–H and O–H groups in total. The number of thioether (sulfide) groups is 1. The molecule has 0 aliphatic carbocycles. The van der Waals surface area contributed by atoms with E-state index in [9.17, 15) is 9.59 Å². The molecule has 1 aliphatic heterocycles. The van der Waals surface area contributed by atoms with E-state index in [1.165, 1.54) is 11.8 Å². The summed E-state index contributed by atoms with van der Waals surface area (Å²) >= 11 is 13.4. The van der Waals surface area contributed by atoms with Crippen LogP contribution in [0.3, 0.4) is 0 Å². The molecule has 0 aromatic heterocycles. The summed E-state index contributed by atoms with van der Waals surface area (Å²) in [5.41, 5.74) is 0.660. The summed E-state index contributed by atoms with van der Waals surface area (Å²) in [6, 6.07) is 14.4. The van der Waals surface area contributed by atoms with E-state index in [4.69, 9.17) is 23.2 Å². The third kappa shape index (κ3) is 6.29. The topological polar surface area (TPSA) is 52.7 Å². The molecule has 8 heteroatoms. The number of hydrogen-bond donors (Lipinski definition) is 1. The summed E-state index contributed by atoms with van der Waals surface area (Å²) < 4.78 is 0. The van der Waals surface area contributed by atoms with Gasteiger partial charge >= 0.3 is 6.03 Å². The van der Waals surface area contributed by atoms with Crippen LogP contribution >= 0.6 is 35.0 Å². The van der Waals surface area contributed by atoms with Gasteiger partial charge in [0.15, 0.2) is 0 Å². The summed E-state index contributed by atoms with van der Waals surface area (Å²) in [6.07, 6.45) is 0.743. The smallest absolute Gasteiger partial charge is 0.321 e. The van der Waals surface area contributed by atoms with Gasteiger partial charge in [-0.2, -0.15) is 0 Å². The number of hydrogen-bond acceptors (Lipinski definition) is 3. The SMILES string of the molecule is CC(Sc1ccc(Cl)cc1)C(=O)N1CCCN(C(=O)Nc2cccc(Cl)c2)CC1. The van der Waals surface area contributed by atoms with Crippen LogP contribution in [-0.4, -0.2) is 53.2 Å². The molecule has 29 heavy (non-hydrogen) atoms. The van der Waals surface area contributed by atoms with Crippen LogP contribution in [0.4, 0.5) is 10.5 Å². The molecule has 0 bridgehead atoms. The van der Waals surface area contributed by atoms with Gasteiger partial charge in [0.1, 0.15) is 0 Å². The summed E-state index contributed by atoms with van der Waals surface area (Å²) in [5.74, 6) is 0.0852. The van der Waals surface area contributed by atoms with Crippen LogP contribution in [0, 0.1) is 0 Å². The monoisotopic (exact) mass is 451 g/mol. The Morgan fingerprint density at radius 2 is 1.66 bits per heavy atom. The van der Waals surface area contributed by atoms with Crippen molar-refractivity contribution in [3.05, 3.63) is 58.6 Å². The van der Waals surface area contributed by atoms with Crippen LogP contribution in [-0.2, 0) is 4.79 Å². The molecule has 3 amide bonds. The van der Waals surface area contributed by atoms with E-state index in [0.29, 0.717) is 41.9 Å². The zero-order valence-electron chi connectivity index (χ0n) is 16.1. The largest absolute Gasteiger partial charge is 0.340 e. The maximum Gasteiger partial charge on any atom is 0.321 e. The third-order valence-electron chi connectivity index (χ3n) is 4.64. The lowest BCUT2D eigenvalue weighted by atomic mass is 10.3. The molecule has 0 spiro atoms. The zero-order valence-corrected chi connectivity index (χ0v) is 18.4. The summed E-state index contributed by atoms with van der Waals surface area (Å²) in [4.78, 5) is 30.0. The van der Waals surface area contributed by atoms with E-state index < -0.39 is 0 Å². The van der Waals surface area contributed by atoms with Gasteiger partial charge < -0.3 is 15.1 Å². The molecule has 1 unspecified atom stereocenters. The molecule has 2 aromatic carbocycles. The van der Waals surface area contributed by atoms with Crippen molar-refractivity contribution in [2.45, 2.75) is 23.5 Å². The Morgan fingerprint density at radius 3 is 2.38 bits per heavy atom. The molecule has 1 fully saturated rings. The highest BCUT2D eigenvalue weighted by atomic mass is 35.5. The van der Waals surface area contributed by atoms with Crippen LogP contribution in [0.5, 0.6) is 0 Å². The predicted molar refractivity (Wildman–Crippen MR) is 120 cm³/mol. The highest BCUT2D eigenvalue weighted by Crippen LogP contribution is 2.26. The van der Waals surface area contributed by atoms with Crippen molar-refractivity contribution in [1.82, 2.24) is 9.80 Å². The number of urea groups is 1. The van der Waals surface area contributed by atoms with Crippen molar-refractivity contribution >= 4 is 52.6 Å². The maximum absolute atomic E-state index is 12.9. The number of carbonyl (C=O) groups excluding carboxylic acids is 2. The van der Waals surface area contributed by atoms with Gasteiger partial charge in [0.05, 0.1) is 5.25 Å². The molecule has 3 rings (SSSR count). The molecule has 2 aromatic rings. The third-order valence-corrected chi connectivity index (χ3v) is 6.23.